The van der Waals surface area contributed by atoms with Crippen LogP contribution < -0.4 is 43.6 Å². The lowest BCUT2D eigenvalue weighted by Crippen LogP contribution is -2.53. The van der Waals surface area contributed by atoms with Gasteiger partial charge in [-0.3, -0.25) is 61.9 Å². The molecule has 3 saturated heterocycles. The van der Waals surface area contributed by atoms with Crippen LogP contribution in [0.5, 0.6) is 0 Å². The summed E-state index contributed by atoms with van der Waals surface area (Å²) in [4.78, 5) is 137. The summed E-state index contributed by atoms with van der Waals surface area (Å²) in [7, 11) is -5.29. The van der Waals surface area contributed by atoms with Gasteiger partial charge in [-0.05, 0) is 67.6 Å². The number of fused-ring (bicyclic) bond motifs is 3. The molecule has 3 fully saturated rings. The Bertz CT molecular complexity index is 3290. The molecule has 10 N–H and O–H groups in total. The van der Waals surface area contributed by atoms with E-state index in [1.54, 1.807) is 12.1 Å². The predicted octanol–water partition coefficient (Wildman–Crippen LogP) is 1.31. The Morgan fingerprint density at radius 2 is 1.53 bits per heavy atom. The number of halogens is 2. The second-order valence-electron chi connectivity index (χ2n) is 19.5. The predicted molar refractivity (Wildman–Crippen MR) is 286 cm³/mol. The van der Waals surface area contributed by atoms with E-state index in [-0.39, 0.29) is 67.3 Å². The van der Waals surface area contributed by atoms with Gasteiger partial charge in [-0.25, -0.2) is 42.7 Å². The number of carbonyl (C=O) groups excluding carboxylic acids is 6. The highest BCUT2D eigenvalue weighted by atomic mass is 32.5. The van der Waals surface area contributed by atoms with Crippen LogP contribution in [0, 0.1) is 5.92 Å². The van der Waals surface area contributed by atoms with E-state index in [0.717, 1.165) is 29.5 Å². The monoisotopic (exact) mass is 1230 g/mol. The summed E-state index contributed by atoms with van der Waals surface area (Å²) >= 11 is 5.12. The standard InChI is InChI=1S/C47H59F2N13O18P2S/c1-24(2)35(51-15-4-3-5-17-60-31(64)12-13-32(60)65)42(67)57-27(7-6-16-52-45(50)68)41(66)56-26-10-8-25(9-11-26)19-74-47(70)59-39-36-40(54-22-53-39)62(23-55-36)44-33(48)37-29(78-44)21-76-82(73,83)80-38-28(20-75-81(71,72)79-37)77-43(34(38)49)61-18-14-30(63)58-46(61)69/h8-14,18,22-24,27-29,33-35,37-38,43-44,51H,3-7,15-17,19-21H2,1-2H3,(H,56,66)(H,57,67)(H,71,72)(H,73,83)(H3,50,52,68)(H,58,63,69)(H,53,54,59,70)/t27?,28-,29-,33-,34-,35?,37-,38-,43-,44-,82?/m1/s1. The Kier molecular flexibility index (Phi) is 20.5. The van der Waals surface area contributed by atoms with Crippen molar-refractivity contribution >= 4 is 84.8 Å². The van der Waals surface area contributed by atoms with Gasteiger partial charge in [0.1, 0.15) is 43.4 Å². The zero-order valence-corrected chi connectivity index (χ0v) is 46.8. The number of amides is 7. The number of nitrogens with zero attached hydrogens (tertiary/aromatic N) is 6. The van der Waals surface area contributed by atoms with E-state index in [1.165, 1.54) is 29.2 Å². The van der Waals surface area contributed by atoms with Gasteiger partial charge >= 0.3 is 32.4 Å². The van der Waals surface area contributed by atoms with Crippen LogP contribution in [0.2, 0.25) is 0 Å². The molecule has 7 heterocycles. The van der Waals surface area contributed by atoms with Gasteiger partial charge in [-0.1, -0.05) is 32.4 Å². The molecule has 0 aliphatic carbocycles. The number of anilines is 2. The molecule has 7 amide bonds. The van der Waals surface area contributed by atoms with Crippen molar-refractivity contribution in [1.82, 2.24) is 49.9 Å². The first kappa shape index (κ1) is 62.2. The molecule has 8 rings (SSSR count). The van der Waals surface area contributed by atoms with Crippen LogP contribution in [0.15, 0.2) is 70.9 Å². The number of alkyl halides is 2. The number of carbonyl (C=O) groups is 6. The first-order valence-electron chi connectivity index (χ1n) is 25.8. The largest absolute Gasteiger partial charge is 0.472 e. The summed E-state index contributed by atoms with van der Waals surface area (Å²) in [5, 5.41) is 13.7. The van der Waals surface area contributed by atoms with Gasteiger partial charge in [-0.2, -0.15) is 0 Å². The molecular weight excluding hydrogens is 1170 g/mol. The maximum Gasteiger partial charge on any atom is 0.472 e. The Morgan fingerprint density at radius 3 is 2.20 bits per heavy atom. The normalized spacial score (nSPS) is 27.0. The van der Waals surface area contributed by atoms with Crippen molar-refractivity contribution in [3.05, 3.63) is 87.7 Å². The third-order valence-corrected chi connectivity index (χ3v) is 15.8. The van der Waals surface area contributed by atoms with E-state index in [1.807, 2.05) is 18.8 Å². The van der Waals surface area contributed by atoms with Crippen molar-refractivity contribution in [3.8, 4) is 0 Å². The molecular formula is C47H59F2N13O18P2S. The van der Waals surface area contributed by atoms with E-state index in [4.69, 9.17) is 49.8 Å². The maximum atomic E-state index is 16.5. The number of hydrogen-bond donors (Lipinski definition) is 9. The Labute approximate surface area is 474 Å². The zero-order chi connectivity index (χ0) is 59.8. The number of H-pyrrole nitrogens is 1. The fourth-order valence-corrected chi connectivity index (χ4v) is 11.6. The number of primary amides is 1. The van der Waals surface area contributed by atoms with Crippen LogP contribution in [0.4, 0.5) is 29.9 Å². The Balaban J connectivity index is 0.847. The lowest BCUT2D eigenvalue weighted by Gasteiger charge is -2.28. The summed E-state index contributed by atoms with van der Waals surface area (Å²) in [5.41, 5.74) is 3.91. The van der Waals surface area contributed by atoms with Crippen LogP contribution in [-0.2, 0) is 74.5 Å². The van der Waals surface area contributed by atoms with Crippen molar-refractivity contribution in [3.63, 3.8) is 0 Å². The van der Waals surface area contributed by atoms with Crippen LogP contribution in [0.1, 0.15) is 64.0 Å². The molecule has 83 heavy (non-hydrogen) atoms. The minimum atomic E-state index is -5.29. The summed E-state index contributed by atoms with van der Waals surface area (Å²) < 4.78 is 85.5. The first-order chi connectivity index (χ1) is 39.5. The fourth-order valence-electron chi connectivity index (χ4n) is 9.17. The van der Waals surface area contributed by atoms with Crippen LogP contribution in [-0.4, -0.2) is 161 Å². The molecule has 0 bridgehead atoms. The van der Waals surface area contributed by atoms with Crippen LogP contribution in [0.3, 0.4) is 0 Å². The number of rotatable bonds is 21. The summed E-state index contributed by atoms with van der Waals surface area (Å²) in [5.74, 6) is -2.06. The molecule has 0 radical (unpaired) electrons. The number of unbranched alkanes of at least 4 members (excludes halogenated alkanes) is 2. The quantitative estimate of drug-likeness (QED) is 0.0323. The summed E-state index contributed by atoms with van der Waals surface area (Å²) in [6.07, 6.45) is -8.56. The number of nitrogens with two attached hydrogens (primary N) is 1. The number of nitrogens with one attached hydrogen (secondary N) is 6. The van der Waals surface area contributed by atoms with E-state index >= 15 is 8.78 Å². The van der Waals surface area contributed by atoms with Crippen LogP contribution in [0.25, 0.3) is 11.2 Å². The van der Waals surface area contributed by atoms with E-state index in [9.17, 15) is 52.7 Å². The highest BCUT2D eigenvalue weighted by molar-refractivity contribution is 8.07. The summed E-state index contributed by atoms with van der Waals surface area (Å²) in [6, 6.07) is 4.64. The Morgan fingerprint density at radius 1 is 0.855 bits per heavy atom. The van der Waals surface area contributed by atoms with E-state index < -0.39 is 124 Å². The molecule has 450 valence electrons. The second kappa shape index (κ2) is 27.3. The number of hydrogen-bond acceptors (Lipinski definition) is 21. The van der Waals surface area contributed by atoms with Crippen molar-refractivity contribution < 1.29 is 84.2 Å². The zero-order valence-electron chi connectivity index (χ0n) is 44.1. The number of imide groups is 1. The molecule has 4 aliphatic heterocycles. The molecule has 0 saturated carbocycles. The topological polar surface area (TPSA) is 412 Å². The van der Waals surface area contributed by atoms with Crippen molar-refractivity contribution in [2.24, 2.45) is 11.7 Å². The maximum absolute atomic E-state index is 16.5. The van der Waals surface area contributed by atoms with Crippen LogP contribution >= 0.6 is 14.5 Å². The van der Waals surface area contributed by atoms with Crippen molar-refractivity contribution in [2.45, 2.75) is 114 Å². The molecule has 31 nitrogen and oxygen atoms in total. The number of ether oxygens (including phenoxy) is 3. The molecule has 36 heteroatoms. The number of imidazole rings is 1. The van der Waals surface area contributed by atoms with Gasteiger partial charge in [0.15, 0.2) is 41.8 Å². The number of urea groups is 1. The first-order valence-corrected chi connectivity index (χ1v) is 29.9. The number of phosphoric ester groups is 1. The molecule has 0 spiro atoms. The molecule has 12 atom stereocenters. The second-order valence-corrected chi connectivity index (χ2v) is 23.7. The third-order valence-electron chi connectivity index (χ3n) is 13.3. The average molecular weight is 1230 g/mol. The smallest absolute Gasteiger partial charge is 0.444 e. The minimum absolute atomic E-state index is 0.0963. The molecule has 4 aromatic rings. The number of benzene rings is 1. The molecule has 3 aromatic heterocycles. The highest BCUT2D eigenvalue weighted by Gasteiger charge is 2.54. The molecule has 4 aliphatic rings. The van der Waals surface area contributed by atoms with Crippen molar-refractivity contribution in [1.29, 1.82) is 0 Å². The van der Waals surface area contributed by atoms with Crippen molar-refractivity contribution in [2.75, 3.05) is 43.5 Å². The third kappa shape index (κ3) is 15.9. The molecule has 1 aromatic carbocycles. The SMILES string of the molecule is CC(C)C(NCCCCCN1C(=O)C=CC1=O)C(=O)NC(CCCNC(N)=O)C(=O)Nc1ccc(COC(=O)Nc2ncnc3c2ncn3[C@@H]2O[C@@H]3COP(O)(=S)O[C@H]4[C@@H](F)[C@H](n5ccc(=O)[nH]c5=O)O[C@@H]4COP(=O)(O)O[C@H]3[C@H]2F)cc1. The minimum Gasteiger partial charge on any atom is -0.444 e. The molecule has 4 unspecified atom stereocenters. The average Bonchev–Trinajstić information content (AvgIpc) is 3.99. The Hall–Kier alpha value is -6.81. The van der Waals surface area contributed by atoms with Gasteiger partial charge in [-0.15, -0.1) is 0 Å². The van der Waals surface area contributed by atoms with Gasteiger partial charge < -0.3 is 55.5 Å². The van der Waals surface area contributed by atoms with Gasteiger partial charge in [0.05, 0.1) is 25.6 Å². The van der Waals surface area contributed by atoms with E-state index in [0.29, 0.717) is 41.6 Å². The van der Waals surface area contributed by atoms with Gasteiger partial charge in [0, 0.05) is 43.2 Å². The van der Waals surface area contributed by atoms with Gasteiger partial charge in [0.2, 0.25) is 11.8 Å². The van der Waals surface area contributed by atoms with Gasteiger partial charge in [0.25, 0.3) is 17.4 Å². The lowest BCUT2D eigenvalue weighted by atomic mass is 10.0. The number of phosphoric acid groups is 1. The number of aromatic nitrogens is 6. The lowest BCUT2D eigenvalue weighted by molar-refractivity contribution is -0.137. The fraction of sp³-hybridized carbons (Fsp3) is 0.511. The van der Waals surface area contributed by atoms with E-state index in [2.05, 4.69) is 41.5 Å². The highest BCUT2D eigenvalue weighted by Crippen LogP contribution is 2.54. The summed E-state index contributed by atoms with van der Waals surface area (Å²) in [6.45, 7) is -2.07. The number of aromatic amines is 1.